The molecule has 1 N–H and O–H groups in total. The van der Waals surface area contributed by atoms with Gasteiger partial charge in [-0.15, -0.1) is 0 Å². The number of furan rings is 1. The highest BCUT2D eigenvalue weighted by Crippen LogP contribution is 2.36. The zero-order chi connectivity index (χ0) is 32.4. The summed E-state index contributed by atoms with van der Waals surface area (Å²) < 4.78 is 19.1. The Balaban J connectivity index is 1.53. The second-order valence-corrected chi connectivity index (χ2v) is 11.4. The summed E-state index contributed by atoms with van der Waals surface area (Å²) in [4.78, 5) is 44.8. The number of aromatic nitrogens is 1. The number of hydrogen-bond acceptors (Lipinski definition) is 8. The van der Waals surface area contributed by atoms with Gasteiger partial charge in [-0.3, -0.25) is 9.36 Å². The van der Waals surface area contributed by atoms with E-state index in [-0.39, 0.29) is 23.3 Å². The van der Waals surface area contributed by atoms with E-state index in [1.54, 1.807) is 50.3 Å². The summed E-state index contributed by atoms with van der Waals surface area (Å²) in [5.41, 5.74) is 3.15. The van der Waals surface area contributed by atoms with Crippen molar-refractivity contribution < 1.29 is 28.6 Å². The number of carbonyl (C=O) groups excluding carboxylic acids is 1. The number of carboxylic acids is 1. The number of esters is 1. The Hall–Kier alpha value is -5.48. The number of hydrogen-bond donors (Lipinski definition) is 1. The van der Waals surface area contributed by atoms with Crippen LogP contribution in [-0.2, 0) is 9.53 Å². The molecule has 1 aliphatic rings. The van der Waals surface area contributed by atoms with Crippen LogP contribution in [0.2, 0.25) is 0 Å². The van der Waals surface area contributed by atoms with Crippen molar-refractivity contribution in [3.8, 4) is 17.1 Å². The summed E-state index contributed by atoms with van der Waals surface area (Å²) in [7, 11) is 0. The van der Waals surface area contributed by atoms with Crippen molar-refractivity contribution in [2.45, 2.75) is 26.8 Å². The van der Waals surface area contributed by atoms with E-state index in [2.05, 4.69) is 0 Å². The number of nitrogens with zero attached hydrogens (tertiary/aromatic N) is 2. The van der Waals surface area contributed by atoms with Crippen LogP contribution in [0.25, 0.3) is 23.1 Å². The molecule has 0 radical (unpaired) electrons. The van der Waals surface area contributed by atoms with Crippen molar-refractivity contribution in [2.24, 2.45) is 4.99 Å². The molecule has 2 aromatic heterocycles. The lowest BCUT2D eigenvalue weighted by Crippen LogP contribution is -2.40. The minimum absolute atomic E-state index is 0.153. The summed E-state index contributed by atoms with van der Waals surface area (Å²) in [6, 6.07) is 24.3. The van der Waals surface area contributed by atoms with Crippen LogP contribution in [0, 0.1) is 6.92 Å². The molecule has 0 bridgehead atoms. The van der Waals surface area contributed by atoms with E-state index < -0.39 is 18.0 Å². The molecule has 10 heteroatoms. The first-order valence-corrected chi connectivity index (χ1v) is 15.6. The number of rotatable bonds is 9. The smallest absolute Gasteiger partial charge is 0.338 e. The van der Waals surface area contributed by atoms with Gasteiger partial charge in [0.05, 0.1) is 40.6 Å². The lowest BCUT2D eigenvalue weighted by atomic mass is 9.93. The van der Waals surface area contributed by atoms with Gasteiger partial charge in [-0.25, -0.2) is 14.6 Å². The van der Waals surface area contributed by atoms with Gasteiger partial charge in [-0.05, 0) is 62.2 Å². The monoisotopic (exact) mass is 634 g/mol. The lowest BCUT2D eigenvalue weighted by Gasteiger charge is -2.26. The van der Waals surface area contributed by atoms with E-state index in [1.165, 1.54) is 15.9 Å². The number of thiazole rings is 1. The molecule has 3 aromatic carbocycles. The largest absolute Gasteiger partial charge is 0.494 e. The first-order chi connectivity index (χ1) is 22.3. The van der Waals surface area contributed by atoms with E-state index >= 15 is 0 Å². The topological polar surface area (TPSA) is 120 Å². The number of benzene rings is 3. The zero-order valence-electron chi connectivity index (χ0n) is 25.4. The van der Waals surface area contributed by atoms with Gasteiger partial charge in [0, 0.05) is 17.2 Å². The standard InChI is InChI=1S/C36H30N2O7S/c1-4-43-24-16-14-23(15-17-24)32-30(35(42)44-5-2)31(22-10-7-6-8-11-22)37-36-38(32)33(39)29(46-36)20-25-18-19-28(45-25)26-12-9-13-27(21(26)3)34(40)41/h6-20,32H,4-5H2,1-3H3,(H,40,41)/b29-20-/t32-/m1/s1. The van der Waals surface area contributed by atoms with Crippen LogP contribution in [0.5, 0.6) is 5.75 Å². The molecule has 3 heterocycles. The Labute approximate surface area is 268 Å². The van der Waals surface area contributed by atoms with E-state index in [0.717, 1.165) is 0 Å². The molecule has 9 nitrogen and oxygen atoms in total. The van der Waals surface area contributed by atoms with Crippen LogP contribution in [0.4, 0.5) is 0 Å². The maximum atomic E-state index is 14.2. The SMILES string of the molecule is CCOC(=O)C1=C(c2ccccc2)N=c2s/c(=C\c3ccc(-c4cccc(C(=O)O)c4C)o3)c(=O)n2[C@@H]1c1ccc(OCC)cc1. The summed E-state index contributed by atoms with van der Waals surface area (Å²) in [5.74, 6) is -0.0330. The van der Waals surface area contributed by atoms with Crippen molar-refractivity contribution in [2.75, 3.05) is 13.2 Å². The Kier molecular flexibility index (Phi) is 8.54. The summed E-state index contributed by atoms with van der Waals surface area (Å²) >= 11 is 1.19. The highest BCUT2D eigenvalue weighted by atomic mass is 32.1. The van der Waals surface area contributed by atoms with E-state index in [1.807, 2.05) is 61.5 Å². The predicted octanol–water partition coefficient (Wildman–Crippen LogP) is 5.60. The summed E-state index contributed by atoms with van der Waals surface area (Å²) in [5, 5.41) is 9.54. The first-order valence-electron chi connectivity index (χ1n) is 14.7. The predicted molar refractivity (Wildman–Crippen MR) is 175 cm³/mol. The van der Waals surface area contributed by atoms with Crippen LogP contribution in [0.15, 0.2) is 105 Å². The molecule has 0 aliphatic carbocycles. The van der Waals surface area contributed by atoms with Crippen LogP contribution in [-0.4, -0.2) is 34.8 Å². The second-order valence-electron chi connectivity index (χ2n) is 10.4. The van der Waals surface area contributed by atoms with Crippen LogP contribution >= 0.6 is 11.3 Å². The molecule has 0 spiro atoms. The van der Waals surface area contributed by atoms with Crippen molar-refractivity contribution >= 4 is 35.0 Å². The Morgan fingerprint density at radius 3 is 2.43 bits per heavy atom. The average molecular weight is 635 g/mol. The molecule has 0 amide bonds. The molecule has 0 fully saturated rings. The minimum Gasteiger partial charge on any atom is -0.494 e. The molecular weight excluding hydrogens is 604 g/mol. The van der Waals surface area contributed by atoms with Crippen LogP contribution < -0.4 is 19.6 Å². The summed E-state index contributed by atoms with van der Waals surface area (Å²) in [6.07, 6.45) is 1.63. The normalized spacial score (nSPS) is 14.5. The highest BCUT2D eigenvalue weighted by Gasteiger charge is 2.35. The maximum Gasteiger partial charge on any atom is 0.338 e. The van der Waals surface area contributed by atoms with Gasteiger partial charge in [0.1, 0.15) is 17.3 Å². The van der Waals surface area contributed by atoms with Crippen LogP contribution in [0.1, 0.15) is 52.7 Å². The number of ether oxygens (including phenoxy) is 2. The molecule has 1 atom stereocenters. The van der Waals surface area contributed by atoms with Crippen LogP contribution in [0.3, 0.4) is 0 Å². The van der Waals surface area contributed by atoms with Crippen molar-refractivity contribution in [1.82, 2.24) is 4.57 Å². The molecule has 0 saturated carbocycles. The molecule has 5 aromatic rings. The quantitative estimate of drug-likeness (QED) is 0.210. The Bertz CT molecular complexity index is 2160. The summed E-state index contributed by atoms with van der Waals surface area (Å²) in [6.45, 7) is 6.01. The lowest BCUT2D eigenvalue weighted by molar-refractivity contribution is -0.138. The van der Waals surface area contributed by atoms with Gasteiger partial charge in [0.25, 0.3) is 5.56 Å². The second kappa shape index (κ2) is 12.9. The molecule has 46 heavy (non-hydrogen) atoms. The van der Waals surface area contributed by atoms with E-state index in [4.69, 9.17) is 18.9 Å². The number of carbonyl (C=O) groups is 2. The third-order valence-electron chi connectivity index (χ3n) is 7.61. The van der Waals surface area contributed by atoms with Crippen molar-refractivity contribution in [3.05, 3.63) is 138 Å². The third-order valence-corrected chi connectivity index (χ3v) is 8.59. The average Bonchev–Trinajstić information content (AvgIpc) is 3.65. The van der Waals surface area contributed by atoms with E-state index in [9.17, 15) is 19.5 Å². The molecule has 0 unspecified atom stereocenters. The third kappa shape index (κ3) is 5.70. The van der Waals surface area contributed by atoms with E-state index in [0.29, 0.717) is 61.2 Å². The molecule has 0 saturated heterocycles. The number of carboxylic acid groups (broad SMARTS) is 1. The number of aromatic carboxylic acids is 1. The zero-order valence-corrected chi connectivity index (χ0v) is 26.2. The highest BCUT2D eigenvalue weighted by molar-refractivity contribution is 7.07. The fraction of sp³-hybridized carbons (Fsp3) is 0.167. The maximum absolute atomic E-state index is 14.2. The van der Waals surface area contributed by atoms with Crippen molar-refractivity contribution in [1.29, 1.82) is 0 Å². The molecule has 1 aliphatic heterocycles. The van der Waals surface area contributed by atoms with Gasteiger partial charge in [0.2, 0.25) is 0 Å². The van der Waals surface area contributed by atoms with Gasteiger partial charge in [0.15, 0.2) is 4.80 Å². The Morgan fingerprint density at radius 1 is 0.978 bits per heavy atom. The van der Waals surface area contributed by atoms with Gasteiger partial charge >= 0.3 is 11.9 Å². The van der Waals surface area contributed by atoms with Gasteiger partial charge < -0.3 is 19.0 Å². The van der Waals surface area contributed by atoms with Gasteiger partial charge in [-0.2, -0.15) is 0 Å². The molecular formula is C36H30N2O7S. The fourth-order valence-corrected chi connectivity index (χ4v) is 6.49. The van der Waals surface area contributed by atoms with Gasteiger partial charge in [-0.1, -0.05) is 65.9 Å². The first kappa shape index (κ1) is 30.5. The number of fused-ring (bicyclic) bond motifs is 1. The fourth-order valence-electron chi connectivity index (χ4n) is 5.51. The Morgan fingerprint density at radius 2 is 1.74 bits per heavy atom. The minimum atomic E-state index is -1.02. The molecule has 6 rings (SSSR count). The van der Waals surface area contributed by atoms with Crippen molar-refractivity contribution in [3.63, 3.8) is 0 Å². The molecule has 232 valence electrons.